The zero-order chi connectivity index (χ0) is 24.8. The maximum absolute atomic E-state index is 13.2. The van der Waals surface area contributed by atoms with Gasteiger partial charge in [-0.1, -0.05) is 30.3 Å². The second kappa shape index (κ2) is 9.04. The average molecular weight is 475 g/mol. The van der Waals surface area contributed by atoms with Crippen LogP contribution in [-0.4, -0.2) is 76.4 Å². The summed E-state index contributed by atoms with van der Waals surface area (Å²) in [5.41, 5.74) is -0.365. The summed E-state index contributed by atoms with van der Waals surface area (Å²) in [7, 11) is 0. The van der Waals surface area contributed by atoms with Crippen molar-refractivity contribution in [2.75, 3.05) is 19.8 Å². The summed E-state index contributed by atoms with van der Waals surface area (Å²) in [4.78, 5) is 28.8. The first-order valence-corrected chi connectivity index (χ1v) is 12.2. The Morgan fingerprint density at radius 3 is 2.50 bits per heavy atom. The van der Waals surface area contributed by atoms with Gasteiger partial charge in [-0.25, -0.2) is 9.59 Å². The Morgan fingerprint density at radius 2 is 1.91 bits per heavy atom. The smallest absolute Gasteiger partial charge is 0.412 e. The van der Waals surface area contributed by atoms with Gasteiger partial charge in [0, 0.05) is 12.0 Å². The lowest BCUT2D eigenvalue weighted by Crippen LogP contribution is -2.57. The maximum atomic E-state index is 13.2. The number of hydrogen-bond acceptors (Lipinski definition) is 6. The Hall–Kier alpha value is -2.32. The lowest BCUT2D eigenvalue weighted by Gasteiger charge is -2.41. The molecule has 6 atom stereocenters. The Morgan fingerprint density at radius 1 is 1.24 bits per heavy atom. The van der Waals surface area contributed by atoms with Crippen molar-refractivity contribution in [1.82, 2.24) is 9.80 Å². The highest BCUT2D eigenvalue weighted by Crippen LogP contribution is 2.55. The van der Waals surface area contributed by atoms with E-state index in [1.807, 2.05) is 59.7 Å². The molecule has 0 radical (unpaired) electrons. The number of cyclic esters (lactones) is 1. The SMILES string of the molecule is CC(C(C(O)C1COC(C)(C)N1C(=O)OC(C)(C)C)C1CC1c1ccccc1)N1CCOC1=O. The summed E-state index contributed by atoms with van der Waals surface area (Å²) in [6.07, 6.45) is -0.853. The van der Waals surface area contributed by atoms with E-state index >= 15 is 0 Å². The molecule has 2 saturated heterocycles. The van der Waals surface area contributed by atoms with Gasteiger partial charge in [0.1, 0.15) is 17.9 Å². The van der Waals surface area contributed by atoms with Crippen LogP contribution in [0, 0.1) is 11.8 Å². The molecule has 1 saturated carbocycles. The molecular weight excluding hydrogens is 436 g/mol. The van der Waals surface area contributed by atoms with Crippen LogP contribution < -0.4 is 0 Å². The highest BCUT2D eigenvalue weighted by atomic mass is 16.6. The van der Waals surface area contributed by atoms with Crippen LogP contribution >= 0.6 is 0 Å². The molecule has 0 spiro atoms. The minimum atomic E-state index is -0.920. The molecule has 2 amide bonds. The first-order chi connectivity index (χ1) is 15.9. The normalized spacial score (nSPS) is 28.9. The molecular formula is C26H38N2O6. The molecule has 0 bridgehead atoms. The number of ether oxygens (including phenoxy) is 3. The molecule has 3 aliphatic rings. The van der Waals surface area contributed by atoms with E-state index in [4.69, 9.17) is 14.2 Å². The predicted octanol–water partition coefficient (Wildman–Crippen LogP) is 3.98. The number of rotatable bonds is 6. The number of amides is 2. The van der Waals surface area contributed by atoms with Crippen LogP contribution in [0.4, 0.5) is 9.59 Å². The Labute approximate surface area is 202 Å². The molecule has 2 heterocycles. The Balaban J connectivity index is 1.62. The number of carbonyl (C=O) groups excluding carboxylic acids is 2. The third-order valence-corrected chi connectivity index (χ3v) is 7.30. The van der Waals surface area contributed by atoms with Crippen LogP contribution in [0.1, 0.15) is 59.4 Å². The van der Waals surface area contributed by atoms with Gasteiger partial charge in [0.15, 0.2) is 0 Å². The number of carbonyl (C=O) groups is 2. The van der Waals surface area contributed by atoms with Gasteiger partial charge in [0.2, 0.25) is 0 Å². The molecule has 1 aromatic rings. The lowest BCUT2D eigenvalue weighted by molar-refractivity contribution is -0.0739. The summed E-state index contributed by atoms with van der Waals surface area (Å²) in [5, 5.41) is 11.8. The van der Waals surface area contributed by atoms with Crippen molar-refractivity contribution in [3.8, 4) is 0 Å². The molecule has 188 valence electrons. The molecule has 1 N–H and O–H groups in total. The van der Waals surface area contributed by atoms with E-state index in [1.54, 1.807) is 4.90 Å². The molecule has 1 aromatic carbocycles. The second-order valence-corrected chi connectivity index (χ2v) is 11.2. The fraction of sp³-hybridized carbons (Fsp3) is 0.692. The van der Waals surface area contributed by atoms with E-state index in [9.17, 15) is 14.7 Å². The van der Waals surface area contributed by atoms with Crippen LogP contribution in [0.25, 0.3) is 0 Å². The van der Waals surface area contributed by atoms with Gasteiger partial charge in [-0.15, -0.1) is 0 Å². The number of benzene rings is 1. The van der Waals surface area contributed by atoms with Crippen LogP contribution in [0.15, 0.2) is 30.3 Å². The molecule has 0 aromatic heterocycles. The van der Waals surface area contributed by atoms with Gasteiger partial charge in [0.05, 0.1) is 25.3 Å². The van der Waals surface area contributed by atoms with Crippen LogP contribution in [0.5, 0.6) is 0 Å². The first-order valence-electron chi connectivity index (χ1n) is 12.2. The monoisotopic (exact) mass is 474 g/mol. The molecule has 34 heavy (non-hydrogen) atoms. The van der Waals surface area contributed by atoms with E-state index in [-0.39, 0.29) is 30.6 Å². The fourth-order valence-corrected chi connectivity index (χ4v) is 5.61. The third-order valence-electron chi connectivity index (χ3n) is 7.30. The van der Waals surface area contributed by atoms with Gasteiger partial charge < -0.3 is 24.2 Å². The summed E-state index contributed by atoms with van der Waals surface area (Å²) in [6.45, 7) is 12.1. The number of aliphatic hydroxyl groups excluding tert-OH is 1. The lowest BCUT2D eigenvalue weighted by atomic mass is 9.83. The largest absolute Gasteiger partial charge is 0.448 e. The van der Waals surface area contributed by atoms with Crippen molar-refractivity contribution in [2.45, 2.75) is 83.4 Å². The molecule has 6 unspecified atom stereocenters. The number of nitrogens with zero attached hydrogens (tertiary/aromatic N) is 2. The van der Waals surface area contributed by atoms with Gasteiger partial charge in [-0.05, 0) is 65.4 Å². The summed E-state index contributed by atoms with van der Waals surface area (Å²) >= 11 is 0. The van der Waals surface area contributed by atoms with Crippen molar-refractivity contribution in [3.63, 3.8) is 0 Å². The Kier molecular flexibility index (Phi) is 6.59. The molecule has 2 aliphatic heterocycles. The number of aliphatic hydroxyl groups is 1. The third kappa shape index (κ3) is 4.89. The first kappa shape index (κ1) is 24.8. The van der Waals surface area contributed by atoms with E-state index in [2.05, 4.69) is 12.1 Å². The second-order valence-electron chi connectivity index (χ2n) is 11.2. The summed E-state index contributed by atoms with van der Waals surface area (Å²) < 4.78 is 16.8. The number of hydrogen-bond donors (Lipinski definition) is 1. The van der Waals surface area contributed by atoms with E-state index in [1.165, 1.54) is 10.5 Å². The van der Waals surface area contributed by atoms with Gasteiger partial charge >= 0.3 is 12.2 Å². The van der Waals surface area contributed by atoms with Crippen molar-refractivity contribution in [3.05, 3.63) is 35.9 Å². The fourth-order valence-electron chi connectivity index (χ4n) is 5.61. The zero-order valence-electron chi connectivity index (χ0n) is 21.1. The van der Waals surface area contributed by atoms with Crippen molar-refractivity contribution >= 4 is 12.2 Å². The van der Waals surface area contributed by atoms with Crippen molar-refractivity contribution < 1.29 is 28.9 Å². The van der Waals surface area contributed by atoms with Gasteiger partial charge in [-0.3, -0.25) is 4.90 Å². The van der Waals surface area contributed by atoms with E-state index in [0.29, 0.717) is 19.1 Å². The highest BCUT2D eigenvalue weighted by Gasteiger charge is 2.56. The minimum absolute atomic E-state index is 0.171. The molecule has 3 fully saturated rings. The quantitative estimate of drug-likeness (QED) is 0.671. The summed E-state index contributed by atoms with van der Waals surface area (Å²) in [6, 6.07) is 9.41. The zero-order valence-corrected chi connectivity index (χ0v) is 21.1. The minimum Gasteiger partial charge on any atom is -0.448 e. The van der Waals surface area contributed by atoms with E-state index in [0.717, 1.165) is 6.42 Å². The molecule has 4 rings (SSSR count). The molecule has 8 heteroatoms. The molecule has 1 aliphatic carbocycles. The molecule has 8 nitrogen and oxygen atoms in total. The maximum Gasteiger partial charge on any atom is 0.412 e. The van der Waals surface area contributed by atoms with E-state index < -0.39 is 29.6 Å². The van der Waals surface area contributed by atoms with Crippen LogP contribution in [-0.2, 0) is 14.2 Å². The standard InChI is InChI=1S/C26H38N2O6/c1-16(27-12-13-32-23(27)30)21(19-14-18(19)17-10-8-7-9-11-17)22(29)20-15-33-26(5,6)28(20)24(31)34-25(2,3)4/h7-11,16,18-22,29H,12-15H2,1-6H3. The predicted molar refractivity (Wildman–Crippen MR) is 126 cm³/mol. The van der Waals surface area contributed by atoms with Crippen molar-refractivity contribution in [2.24, 2.45) is 11.8 Å². The summed E-state index contributed by atoms with van der Waals surface area (Å²) in [5.74, 6) is 0.209. The van der Waals surface area contributed by atoms with Crippen LogP contribution in [0.3, 0.4) is 0 Å². The van der Waals surface area contributed by atoms with Gasteiger partial charge in [-0.2, -0.15) is 0 Å². The van der Waals surface area contributed by atoms with Gasteiger partial charge in [0.25, 0.3) is 0 Å². The average Bonchev–Trinajstić information content (AvgIpc) is 3.28. The highest BCUT2D eigenvalue weighted by molar-refractivity contribution is 5.70. The van der Waals surface area contributed by atoms with Crippen molar-refractivity contribution in [1.29, 1.82) is 0 Å². The Bertz CT molecular complexity index is 898. The van der Waals surface area contributed by atoms with Crippen LogP contribution in [0.2, 0.25) is 0 Å². The topological polar surface area (TPSA) is 88.5 Å².